The van der Waals surface area contributed by atoms with Crippen LogP contribution in [0, 0.1) is 11.8 Å². The third-order valence-corrected chi connectivity index (χ3v) is 3.78. The SMILES string of the molecule is O=C(O)CCNC1CCCC(C2CC2)C1. The molecule has 3 heteroatoms. The molecular formula is C12H21NO2. The summed E-state index contributed by atoms with van der Waals surface area (Å²) in [4.78, 5) is 10.4. The highest BCUT2D eigenvalue weighted by atomic mass is 16.4. The lowest BCUT2D eigenvalue weighted by atomic mass is 9.83. The third-order valence-electron chi connectivity index (χ3n) is 3.78. The number of hydrogen-bond donors (Lipinski definition) is 2. The zero-order chi connectivity index (χ0) is 10.7. The fraction of sp³-hybridized carbons (Fsp3) is 0.917. The molecule has 0 amide bonds. The average Bonchev–Trinajstić information content (AvgIpc) is 3.01. The van der Waals surface area contributed by atoms with E-state index in [1.54, 1.807) is 0 Å². The van der Waals surface area contributed by atoms with Crippen molar-refractivity contribution in [1.29, 1.82) is 0 Å². The minimum absolute atomic E-state index is 0.255. The quantitative estimate of drug-likeness (QED) is 0.731. The van der Waals surface area contributed by atoms with Gasteiger partial charge in [-0.3, -0.25) is 4.79 Å². The topological polar surface area (TPSA) is 49.3 Å². The molecular weight excluding hydrogens is 190 g/mol. The number of carboxylic acids is 1. The lowest BCUT2D eigenvalue weighted by molar-refractivity contribution is -0.136. The Morgan fingerprint density at radius 1 is 1.20 bits per heavy atom. The second kappa shape index (κ2) is 4.97. The van der Waals surface area contributed by atoms with Crippen molar-refractivity contribution >= 4 is 5.97 Å². The summed E-state index contributed by atoms with van der Waals surface area (Å²) in [5.41, 5.74) is 0. The van der Waals surface area contributed by atoms with E-state index in [-0.39, 0.29) is 6.42 Å². The van der Waals surface area contributed by atoms with Gasteiger partial charge in [0.2, 0.25) is 0 Å². The van der Waals surface area contributed by atoms with Crippen LogP contribution in [0.5, 0.6) is 0 Å². The van der Waals surface area contributed by atoms with Crippen molar-refractivity contribution in [3.8, 4) is 0 Å². The van der Waals surface area contributed by atoms with Gasteiger partial charge in [0, 0.05) is 12.6 Å². The zero-order valence-corrected chi connectivity index (χ0v) is 9.24. The summed E-state index contributed by atoms with van der Waals surface area (Å²) < 4.78 is 0. The number of aliphatic carboxylic acids is 1. The standard InChI is InChI=1S/C12H21NO2/c14-12(15)6-7-13-11-3-1-2-10(8-11)9-4-5-9/h9-11,13H,1-8H2,(H,14,15). The maximum atomic E-state index is 10.4. The maximum absolute atomic E-state index is 10.4. The summed E-state index contributed by atoms with van der Waals surface area (Å²) in [7, 11) is 0. The van der Waals surface area contributed by atoms with Crippen LogP contribution in [0.25, 0.3) is 0 Å². The highest BCUT2D eigenvalue weighted by Crippen LogP contribution is 2.43. The predicted molar refractivity (Wildman–Crippen MR) is 58.7 cm³/mol. The minimum Gasteiger partial charge on any atom is -0.481 e. The van der Waals surface area contributed by atoms with Crippen LogP contribution in [0.2, 0.25) is 0 Å². The van der Waals surface area contributed by atoms with Gasteiger partial charge in [0.25, 0.3) is 0 Å². The Labute approximate surface area is 91.2 Å². The van der Waals surface area contributed by atoms with Crippen molar-refractivity contribution < 1.29 is 9.90 Å². The van der Waals surface area contributed by atoms with E-state index in [1.807, 2.05) is 0 Å². The molecule has 2 saturated carbocycles. The Balaban J connectivity index is 1.65. The third kappa shape index (κ3) is 3.49. The van der Waals surface area contributed by atoms with Gasteiger partial charge in [0.15, 0.2) is 0 Å². The summed E-state index contributed by atoms with van der Waals surface area (Å²) in [5, 5.41) is 11.9. The number of carboxylic acid groups (broad SMARTS) is 1. The largest absolute Gasteiger partial charge is 0.481 e. The molecule has 0 bridgehead atoms. The maximum Gasteiger partial charge on any atom is 0.304 e. The first kappa shape index (κ1) is 10.9. The van der Waals surface area contributed by atoms with Crippen LogP contribution in [0.3, 0.4) is 0 Å². The smallest absolute Gasteiger partial charge is 0.304 e. The molecule has 2 atom stereocenters. The Hall–Kier alpha value is -0.570. The molecule has 0 aliphatic heterocycles. The normalized spacial score (nSPS) is 31.5. The Bertz CT molecular complexity index is 226. The molecule has 0 spiro atoms. The zero-order valence-electron chi connectivity index (χ0n) is 9.24. The van der Waals surface area contributed by atoms with Crippen LogP contribution < -0.4 is 5.32 Å². The molecule has 0 saturated heterocycles. The molecule has 2 aliphatic rings. The number of rotatable bonds is 5. The van der Waals surface area contributed by atoms with E-state index in [9.17, 15) is 4.79 Å². The molecule has 2 unspecified atom stereocenters. The van der Waals surface area contributed by atoms with Gasteiger partial charge in [-0.15, -0.1) is 0 Å². The number of hydrogen-bond acceptors (Lipinski definition) is 2. The van der Waals surface area contributed by atoms with Crippen LogP contribution in [0.4, 0.5) is 0 Å². The first-order valence-corrected chi connectivity index (χ1v) is 6.21. The van der Waals surface area contributed by atoms with Crippen molar-refractivity contribution in [2.75, 3.05) is 6.54 Å². The lowest BCUT2D eigenvalue weighted by Gasteiger charge is -2.29. The van der Waals surface area contributed by atoms with E-state index in [2.05, 4.69) is 5.32 Å². The first-order valence-electron chi connectivity index (χ1n) is 6.21. The summed E-state index contributed by atoms with van der Waals surface area (Å²) >= 11 is 0. The van der Waals surface area contributed by atoms with Crippen LogP contribution >= 0.6 is 0 Å². The number of nitrogens with one attached hydrogen (secondary N) is 1. The van der Waals surface area contributed by atoms with Gasteiger partial charge in [-0.1, -0.05) is 12.8 Å². The molecule has 0 aromatic heterocycles. The van der Waals surface area contributed by atoms with Crippen molar-refractivity contribution in [1.82, 2.24) is 5.32 Å². The monoisotopic (exact) mass is 211 g/mol. The molecule has 2 aliphatic carbocycles. The van der Waals surface area contributed by atoms with Crippen LogP contribution in [0.1, 0.15) is 44.9 Å². The predicted octanol–water partition coefficient (Wildman–Crippen LogP) is 2.02. The minimum atomic E-state index is -0.697. The van der Waals surface area contributed by atoms with E-state index >= 15 is 0 Å². The molecule has 86 valence electrons. The molecule has 0 radical (unpaired) electrons. The summed E-state index contributed by atoms with van der Waals surface area (Å²) in [6.07, 6.45) is 8.38. The van der Waals surface area contributed by atoms with Crippen LogP contribution in [-0.4, -0.2) is 23.7 Å². The molecule has 0 aromatic rings. The summed E-state index contributed by atoms with van der Waals surface area (Å²) in [5.74, 6) is 1.24. The molecule has 15 heavy (non-hydrogen) atoms. The highest BCUT2D eigenvalue weighted by molar-refractivity contribution is 5.66. The fourth-order valence-electron chi connectivity index (χ4n) is 2.79. The molecule has 2 fully saturated rings. The van der Waals surface area contributed by atoms with Gasteiger partial charge in [-0.2, -0.15) is 0 Å². The Kier molecular flexibility index (Phi) is 3.62. The summed E-state index contributed by atoms with van der Waals surface area (Å²) in [6.45, 7) is 0.636. The van der Waals surface area contributed by atoms with Gasteiger partial charge in [0.1, 0.15) is 0 Å². The summed E-state index contributed by atoms with van der Waals surface area (Å²) in [6, 6.07) is 0.587. The molecule has 3 nitrogen and oxygen atoms in total. The van der Waals surface area contributed by atoms with Crippen molar-refractivity contribution in [2.24, 2.45) is 11.8 Å². The van der Waals surface area contributed by atoms with Gasteiger partial charge >= 0.3 is 5.97 Å². The Morgan fingerprint density at radius 3 is 2.67 bits per heavy atom. The average molecular weight is 211 g/mol. The number of carbonyl (C=O) groups is 1. The van der Waals surface area contributed by atoms with Gasteiger partial charge in [-0.05, 0) is 37.5 Å². The lowest BCUT2D eigenvalue weighted by Crippen LogP contribution is -2.35. The Morgan fingerprint density at radius 2 is 2.00 bits per heavy atom. The second-order valence-electron chi connectivity index (χ2n) is 5.06. The highest BCUT2D eigenvalue weighted by Gasteiger charge is 2.34. The van der Waals surface area contributed by atoms with E-state index in [0.717, 1.165) is 11.8 Å². The molecule has 0 heterocycles. The fourth-order valence-corrected chi connectivity index (χ4v) is 2.79. The van der Waals surface area contributed by atoms with E-state index in [1.165, 1.54) is 38.5 Å². The van der Waals surface area contributed by atoms with Gasteiger partial charge in [-0.25, -0.2) is 0 Å². The molecule has 0 aromatic carbocycles. The second-order valence-corrected chi connectivity index (χ2v) is 5.06. The van der Waals surface area contributed by atoms with Crippen molar-refractivity contribution in [2.45, 2.75) is 51.0 Å². The van der Waals surface area contributed by atoms with Gasteiger partial charge < -0.3 is 10.4 Å². The van der Waals surface area contributed by atoms with Crippen molar-refractivity contribution in [3.05, 3.63) is 0 Å². The molecule has 2 N–H and O–H groups in total. The molecule has 2 rings (SSSR count). The van der Waals surface area contributed by atoms with Crippen LogP contribution in [0.15, 0.2) is 0 Å². The first-order chi connectivity index (χ1) is 7.25. The van der Waals surface area contributed by atoms with Crippen LogP contribution in [-0.2, 0) is 4.79 Å². The van der Waals surface area contributed by atoms with Gasteiger partial charge in [0.05, 0.1) is 6.42 Å². The van der Waals surface area contributed by atoms with Crippen molar-refractivity contribution in [3.63, 3.8) is 0 Å². The van der Waals surface area contributed by atoms with E-state index in [0.29, 0.717) is 12.6 Å². The van der Waals surface area contributed by atoms with E-state index in [4.69, 9.17) is 5.11 Å². The van der Waals surface area contributed by atoms with E-state index < -0.39 is 5.97 Å².